The van der Waals surface area contributed by atoms with Crippen LogP contribution in [-0.2, 0) is 41.4 Å². The Hall–Kier alpha value is -4.53. The Bertz CT molecular complexity index is 1220. The molecular formula is C32H36O9. The minimum Gasteiger partial charge on any atom is -0.482 e. The van der Waals surface area contributed by atoms with Crippen LogP contribution in [0.3, 0.4) is 0 Å². The molecule has 0 aliphatic rings. The van der Waals surface area contributed by atoms with Gasteiger partial charge in [-0.15, -0.1) is 0 Å². The highest BCUT2D eigenvalue weighted by molar-refractivity contribution is 5.72. The van der Waals surface area contributed by atoms with Gasteiger partial charge in [-0.25, -0.2) is 14.4 Å². The van der Waals surface area contributed by atoms with E-state index in [-0.39, 0.29) is 39.6 Å². The first-order valence-electron chi connectivity index (χ1n) is 13.6. The molecule has 9 nitrogen and oxygen atoms in total. The predicted molar refractivity (Wildman–Crippen MR) is 151 cm³/mol. The smallest absolute Gasteiger partial charge is 0.344 e. The van der Waals surface area contributed by atoms with Crippen molar-refractivity contribution in [2.45, 2.75) is 33.6 Å². The maximum Gasteiger partial charge on any atom is 0.344 e. The fraction of sp³-hybridized carbons (Fsp3) is 0.344. The van der Waals surface area contributed by atoms with Gasteiger partial charge in [-0.1, -0.05) is 54.6 Å². The number of ether oxygens (including phenoxy) is 6. The van der Waals surface area contributed by atoms with E-state index in [9.17, 15) is 14.4 Å². The molecule has 0 N–H and O–H groups in total. The first-order valence-corrected chi connectivity index (χ1v) is 13.6. The molecule has 0 bridgehead atoms. The van der Waals surface area contributed by atoms with E-state index in [0.29, 0.717) is 30.1 Å². The molecule has 0 atom stereocenters. The third-order valence-corrected chi connectivity index (χ3v) is 5.83. The predicted octanol–water partition coefficient (Wildman–Crippen LogP) is 4.69. The molecule has 0 unspecified atom stereocenters. The molecule has 0 aliphatic carbocycles. The molecule has 9 heteroatoms. The third-order valence-electron chi connectivity index (χ3n) is 5.83. The van der Waals surface area contributed by atoms with Crippen LogP contribution in [0.5, 0.6) is 17.2 Å². The molecule has 0 saturated carbocycles. The summed E-state index contributed by atoms with van der Waals surface area (Å²) in [4.78, 5) is 35.9. The van der Waals surface area contributed by atoms with E-state index in [0.717, 1.165) is 22.3 Å². The van der Waals surface area contributed by atoms with Crippen molar-refractivity contribution >= 4 is 17.9 Å². The third kappa shape index (κ3) is 9.86. The molecule has 3 aromatic carbocycles. The number of benzene rings is 3. The second kappa shape index (κ2) is 16.5. The number of rotatable bonds is 16. The lowest BCUT2D eigenvalue weighted by atomic mass is 9.96. The average molecular weight is 565 g/mol. The Morgan fingerprint density at radius 3 is 1.27 bits per heavy atom. The first kappa shape index (κ1) is 31.0. The summed E-state index contributed by atoms with van der Waals surface area (Å²) in [5.74, 6) is 0.226. The topological polar surface area (TPSA) is 107 Å². The normalized spacial score (nSPS) is 10.4. The number of para-hydroxylation sites is 3. The molecule has 0 saturated heterocycles. The largest absolute Gasteiger partial charge is 0.482 e. The van der Waals surface area contributed by atoms with E-state index < -0.39 is 17.9 Å². The number of esters is 3. The summed E-state index contributed by atoms with van der Waals surface area (Å²) in [6, 6.07) is 20.5. The lowest BCUT2D eigenvalue weighted by Crippen LogP contribution is -2.17. The SMILES string of the molecule is CCOC(=O)COc1ccccc1Cc1cccc(Cc2ccccc2OCC(=O)OCC)c1OCC(=O)OCC. The lowest BCUT2D eigenvalue weighted by molar-refractivity contribution is -0.146. The highest BCUT2D eigenvalue weighted by Gasteiger charge is 2.17. The fourth-order valence-electron chi connectivity index (χ4n) is 4.11. The van der Waals surface area contributed by atoms with Gasteiger partial charge in [0.1, 0.15) is 17.2 Å². The van der Waals surface area contributed by atoms with Crippen molar-refractivity contribution < 1.29 is 42.8 Å². The summed E-state index contributed by atoms with van der Waals surface area (Å²) in [7, 11) is 0. The van der Waals surface area contributed by atoms with E-state index in [1.54, 1.807) is 32.9 Å². The Labute approximate surface area is 240 Å². The fourth-order valence-corrected chi connectivity index (χ4v) is 4.11. The highest BCUT2D eigenvalue weighted by Crippen LogP contribution is 2.33. The van der Waals surface area contributed by atoms with Crippen molar-refractivity contribution in [3.05, 3.63) is 89.0 Å². The lowest BCUT2D eigenvalue weighted by Gasteiger charge is -2.18. The van der Waals surface area contributed by atoms with Crippen LogP contribution in [0.1, 0.15) is 43.0 Å². The van der Waals surface area contributed by atoms with E-state index in [4.69, 9.17) is 28.4 Å². The second-order valence-corrected chi connectivity index (χ2v) is 8.76. The van der Waals surface area contributed by atoms with Gasteiger partial charge in [0, 0.05) is 12.8 Å². The Balaban J connectivity index is 1.91. The molecule has 0 spiro atoms. The van der Waals surface area contributed by atoms with Crippen LogP contribution in [0.4, 0.5) is 0 Å². The van der Waals surface area contributed by atoms with Gasteiger partial charge in [0.05, 0.1) is 19.8 Å². The van der Waals surface area contributed by atoms with E-state index in [2.05, 4.69) is 0 Å². The molecule has 0 amide bonds. The van der Waals surface area contributed by atoms with Crippen molar-refractivity contribution in [1.29, 1.82) is 0 Å². The van der Waals surface area contributed by atoms with Crippen LogP contribution < -0.4 is 14.2 Å². The van der Waals surface area contributed by atoms with Crippen LogP contribution in [-0.4, -0.2) is 57.5 Å². The van der Waals surface area contributed by atoms with Gasteiger partial charge in [-0.3, -0.25) is 0 Å². The summed E-state index contributed by atoms with van der Waals surface area (Å²) in [5.41, 5.74) is 3.27. The standard InChI is InChI=1S/C32H36O9/c1-4-36-29(33)20-39-27-16-9-7-12-23(27)18-25-14-11-15-26(32(25)41-22-31(35)38-6-3)19-24-13-8-10-17-28(24)40-21-30(34)37-5-2/h7-17H,4-6,18-22H2,1-3H3. The summed E-state index contributed by atoms with van der Waals surface area (Å²) >= 11 is 0. The molecule has 0 radical (unpaired) electrons. The molecule has 0 aromatic heterocycles. The zero-order chi connectivity index (χ0) is 29.5. The van der Waals surface area contributed by atoms with Gasteiger partial charge in [0.2, 0.25) is 0 Å². The number of hydrogen-bond acceptors (Lipinski definition) is 9. The molecule has 0 fully saturated rings. The van der Waals surface area contributed by atoms with Gasteiger partial charge in [-0.2, -0.15) is 0 Å². The van der Waals surface area contributed by atoms with Crippen molar-refractivity contribution in [1.82, 2.24) is 0 Å². The number of hydrogen-bond donors (Lipinski definition) is 0. The molecular weight excluding hydrogens is 528 g/mol. The van der Waals surface area contributed by atoms with Crippen molar-refractivity contribution in [2.24, 2.45) is 0 Å². The first-order chi connectivity index (χ1) is 19.9. The summed E-state index contributed by atoms with van der Waals surface area (Å²) in [6.45, 7) is 5.32. The Morgan fingerprint density at radius 2 is 0.854 bits per heavy atom. The number of carbonyl (C=O) groups is 3. The van der Waals surface area contributed by atoms with Crippen LogP contribution in [0, 0.1) is 0 Å². The van der Waals surface area contributed by atoms with Crippen LogP contribution in [0.2, 0.25) is 0 Å². The Morgan fingerprint density at radius 1 is 0.488 bits per heavy atom. The van der Waals surface area contributed by atoms with Crippen molar-refractivity contribution in [2.75, 3.05) is 39.6 Å². The van der Waals surface area contributed by atoms with Crippen molar-refractivity contribution in [3.63, 3.8) is 0 Å². The maximum absolute atomic E-state index is 12.2. The molecule has 218 valence electrons. The molecule has 41 heavy (non-hydrogen) atoms. The van der Waals surface area contributed by atoms with E-state index in [1.807, 2.05) is 54.6 Å². The van der Waals surface area contributed by atoms with Crippen LogP contribution in [0.25, 0.3) is 0 Å². The van der Waals surface area contributed by atoms with Gasteiger partial charge in [0.15, 0.2) is 19.8 Å². The zero-order valence-corrected chi connectivity index (χ0v) is 23.7. The van der Waals surface area contributed by atoms with Gasteiger partial charge in [-0.05, 0) is 55.2 Å². The monoisotopic (exact) mass is 564 g/mol. The van der Waals surface area contributed by atoms with E-state index >= 15 is 0 Å². The summed E-state index contributed by atoms with van der Waals surface area (Å²) in [6.07, 6.45) is 0.817. The molecule has 3 aromatic rings. The van der Waals surface area contributed by atoms with Gasteiger partial charge in [0.25, 0.3) is 0 Å². The van der Waals surface area contributed by atoms with Crippen LogP contribution >= 0.6 is 0 Å². The second-order valence-electron chi connectivity index (χ2n) is 8.76. The van der Waals surface area contributed by atoms with Crippen LogP contribution in [0.15, 0.2) is 66.7 Å². The molecule has 0 aliphatic heterocycles. The Kier molecular flexibility index (Phi) is 12.5. The summed E-state index contributed by atoms with van der Waals surface area (Å²) < 4.78 is 32.6. The van der Waals surface area contributed by atoms with Gasteiger partial charge >= 0.3 is 17.9 Å². The van der Waals surface area contributed by atoms with E-state index in [1.165, 1.54) is 0 Å². The minimum atomic E-state index is -0.482. The maximum atomic E-state index is 12.2. The molecule has 0 heterocycles. The van der Waals surface area contributed by atoms with Crippen molar-refractivity contribution in [3.8, 4) is 17.2 Å². The summed E-state index contributed by atoms with van der Waals surface area (Å²) in [5, 5.41) is 0. The molecule has 3 rings (SSSR count). The average Bonchev–Trinajstić information content (AvgIpc) is 2.96. The van der Waals surface area contributed by atoms with Gasteiger partial charge < -0.3 is 28.4 Å². The number of carbonyl (C=O) groups excluding carboxylic acids is 3. The zero-order valence-electron chi connectivity index (χ0n) is 23.7. The highest BCUT2D eigenvalue weighted by atomic mass is 16.6. The minimum absolute atomic E-state index is 0.209. The quantitative estimate of drug-likeness (QED) is 0.181.